The van der Waals surface area contributed by atoms with E-state index in [4.69, 9.17) is 0 Å². The summed E-state index contributed by atoms with van der Waals surface area (Å²) in [6.45, 7) is 0. The van der Waals surface area contributed by atoms with Crippen LogP contribution in [0, 0.1) is 0 Å². The van der Waals surface area contributed by atoms with Crippen molar-refractivity contribution in [2.45, 2.75) is 38.1 Å². The van der Waals surface area contributed by atoms with Gasteiger partial charge in [0.15, 0.2) is 0 Å². The Morgan fingerprint density at radius 1 is 0.943 bits per heavy atom. The molecule has 0 aliphatic carbocycles. The molecule has 8 heteroatoms. The van der Waals surface area contributed by atoms with Gasteiger partial charge in [-0.05, 0) is 29.5 Å². The monoisotopic (exact) mass is 487 g/mol. The van der Waals surface area contributed by atoms with E-state index in [1.165, 1.54) is 16.9 Å². The van der Waals surface area contributed by atoms with Crippen LogP contribution in [0.25, 0.3) is 22.4 Å². The lowest BCUT2D eigenvalue weighted by molar-refractivity contribution is -0.120. The molecule has 0 aliphatic heterocycles. The molecule has 0 saturated heterocycles. The number of rotatable bonds is 11. The van der Waals surface area contributed by atoms with Gasteiger partial charge < -0.3 is 15.6 Å². The number of imidazole rings is 1. The van der Waals surface area contributed by atoms with Crippen molar-refractivity contribution in [2.75, 3.05) is 7.05 Å². The fourth-order valence-corrected chi connectivity index (χ4v) is 4.43. The van der Waals surface area contributed by atoms with E-state index < -0.39 is 0 Å². The van der Waals surface area contributed by atoms with Crippen molar-refractivity contribution in [3.8, 4) is 22.4 Å². The molecule has 35 heavy (non-hydrogen) atoms. The van der Waals surface area contributed by atoms with Gasteiger partial charge in [-0.1, -0.05) is 67.4 Å². The first-order valence-corrected chi connectivity index (χ1v) is 12.6. The topological polar surface area (TPSA) is 99.8 Å². The Morgan fingerprint density at radius 2 is 1.69 bits per heavy atom. The van der Waals surface area contributed by atoms with E-state index >= 15 is 0 Å². The normalized spacial score (nSPS) is 11.7. The molecule has 2 amide bonds. The number of benzene rings is 2. The van der Waals surface area contributed by atoms with Gasteiger partial charge in [0.2, 0.25) is 5.91 Å². The smallest absolute Gasteiger partial charge is 0.263 e. The first-order chi connectivity index (χ1) is 17.1. The Bertz CT molecular complexity index is 1220. The fraction of sp³-hybridized carbons (Fsp3) is 0.259. The number of H-pyrrole nitrogens is 1. The van der Waals surface area contributed by atoms with Gasteiger partial charge >= 0.3 is 0 Å². The minimum atomic E-state index is -0.262. The number of hydrogen-bond acceptors (Lipinski definition) is 5. The summed E-state index contributed by atoms with van der Waals surface area (Å²) < 4.78 is 0. The lowest BCUT2D eigenvalue weighted by atomic mass is 10.0. The molecule has 0 bridgehead atoms. The minimum absolute atomic E-state index is 0.0500. The SMILES string of the molecule is CNC(=O)CCCCCC(NC(=O)c1cncs1)c1ncc(-c2ccc(-c3ccccc3)cc2)[nH]1. The molecule has 7 nitrogen and oxygen atoms in total. The van der Waals surface area contributed by atoms with Crippen molar-refractivity contribution in [1.29, 1.82) is 0 Å². The average Bonchev–Trinajstić information content (AvgIpc) is 3.61. The molecule has 3 N–H and O–H groups in total. The molecule has 4 aromatic rings. The van der Waals surface area contributed by atoms with E-state index in [0.29, 0.717) is 11.3 Å². The lowest BCUT2D eigenvalue weighted by Crippen LogP contribution is -2.28. The molecular weight excluding hydrogens is 458 g/mol. The molecule has 1 atom stereocenters. The number of carbonyl (C=O) groups excluding carboxylic acids is 2. The third-order valence-electron chi connectivity index (χ3n) is 5.87. The van der Waals surface area contributed by atoms with Crippen molar-refractivity contribution in [3.05, 3.63) is 83.2 Å². The Morgan fingerprint density at radius 3 is 2.40 bits per heavy atom. The second-order valence-electron chi connectivity index (χ2n) is 8.29. The van der Waals surface area contributed by atoms with Crippen LogP contribution in [0.15, 0.2) is 72.5 Å². The zero-order valence-corrected chi connectivity index (χ0v) is 20.5. The Kier molecular flexibility index (Phi) is 8.40. The minimum Gasteiger partial charge on any atom is -0.359 e. The van der Waals surface area contributed by atoms with Crippen LogP contribution in [0.5, 0.6) is 0 Å². The number of aromatic amines is 1. The number of hydrogen-bond donors (Lipinski definition) is 3. The standard InChI is InChI=1S/C27H29N5O2S/c1-28-25(33)11-7-3-6-10-22(32-27(34)24-17-29-18-35-24)26-30-16-23(31-26)21-14-12-20(13-15-21)19-8-4-2-5-9-19/h2,4-5,8-9,12-18,22H,3,6-7,10-11H2,1H3,(H,28,33)(H,30,31)(H,32,34). The number of thiazole rings is 1. The summed E-state index contributed by atoms with van der Waals surface area (Å²) >= 11 is 1.31. The highest BCUT2D eigenvalue weighted by molar-refractivity contribution is 7.11. The van der Waals surface area contributed by atoms with Gasteiger partial charge in [0, 0.05) is 13.5 Å². The number of nitrogens with one attached hydrogen (secondary N) is 3. The van der Waals surface area contributed by atoms with Crippen LogP contribution >= 0.6 is 11.3 Å². The summed E-state index contributed by atoms with van der Waals surface area (Å²) in [7, 11) is 1.65. The van der Waals surface area contributed by atoms with Crippen LogP contribution in [0.4, 0.5) is 0 Å². The maximum absolute atomic E-state index is 12.7. The molecule has 0 aliphatic rings. The average molecular weight is 488 g/mol. The van der Waals surface area contributed by atoms with E-state index in [2.05, 4.69) is 62.0 Å². The Balaban J connectivity index is 1.45. The van der Waals surface area contributed by atoms with Crippen molar-refractivity contribution in [1.82, 2.24) is 25.6 Å². The van der Waals surface area contributed by atoms with Gasteiger partial charge in [-0.3, -0.25) is 14.6 Å². The van der Waals surface area contributed by atoms with Gasteiger partial charge in [-0.15, -0.1) is 11.3 Å². The summed E-state index contributed by atoms with van der Waals surface area (Å²) in [5.41, 5.74) is 5.90. The molecule has 180 valence electrons. The lowest BCUT2D eigenvalue weighted by Gasteiger charge is -2.16. The van der Waals surface area contributed by atoms with Crippen LogP contribution in [0.3, 0.4) is 0 Å². The Hall–Kier alpha value is -3.78. The first-order valence-electron chi connectivity index (χ1n) is 11.7. The van der Waals surface area contributed by atoms with Gasteiger partial charge in [0.25, 0.3) is 5.91 Å². The Labute approximate surface area is 209 Å². The highest BCUT2D eigenvalue weighted by atomic mass is 32.1. The van der Waals surface area contributed by atoms with Crippen LogP contribution in [-0.2, 0) is 4.79 Å². The van der Waals surface area contributed by atoms with Crippen molar-refractivity contribution in [2.24, 2.45) is 0 Å². The molecular formula is C27H29N5O2S. The van der Waals surface area contributed by atoms with E-state index in [1.54, 1.807) is 18.8 Å². The van der Waals surface area contributed by atoms with E-state index in [9.17, 15) is 9.59 Å². The zero-order chi connectivity index (χ0) is 24.5. The highest BCUT2D eigenvalue weighted by Gasteiger charge is 2.20. The summed E-state index contributed by atoms with van der Waals surface area (Å²) in [6.07, 6.45) is 7.19. The third-order valence-corrected chi connectivity index (χ3v) is 6.64. The zero-order valence-electron chi connectivity index (χ0n) is 19.7. The van der Waals surface area contributed by atoms with E-state index in [-0.39, 0.29) is 17.9 Å². The van der Waals surface area contributed by atoms with Crippen LogP contribution < -0.4 is 10.6 Å². The second-order valence-corrected chi connectivity index (χ2v) is 9.18. The molecule has 2 aromatic carbocycles. The van der Waals surface area contributed by atoms with Crippen molar-refractivity contribution < 1.29 is 9.59 Å². The number of unbranched alkanes of at least 4 members (excludes halogenated alkanes) is 2. The molecule has 1 unspecified atom stereocenters. The van der Waals surface area contributed by atoms with E-state index in [1.807, 2.05) is 24.4 Å². The fourth-order valence-electron chi connectivity index (χ4n) is 3.90. The largest absolute Gasteiger partial charge is 0.359 e. The number of nitrogens with zero attached hydrogens (tertiary/aromatic N) is 2. The first kappa shape index (κ1) is 24.3. The second kappa shape index (κ2) is 12.1. The third kappa shape index (κ3) is 6.64. The maximum Gasteiger partial charge on any atom is 0.263 e. The molecule has 0 spiro atoms. The predicted octanol–water partition coefficient (Wildman–Crippen LogP) is 5.37. The van der Waals surface area contributed by atoms with Crippen LogP contribution in [0.2, 0.25) is 0 Å². The van der Waals surface area contributed by atoms with Crippen molar-refractivity contribution in [3.63, 3.8) is 0 Å². The van der Waals surface area contributed by atoms with Gasteiger partial charge in [-0.25, -0.2) is 4.98 Å². The van der Waals surface area contributed by atoms with Gasteiger partial charge in [-0.2, -0.15) is 0 Å². The van der Waals surface area contributed by atoms with Gasteiger partial charge in [0.05, 0.1) is 29.6 Å². The molecule has 0 radical (unpaired) electrons. The summed E-state index contributed by atoms with van der Waals surface area (Å²) in [4.78, 5) is 36.8. The molecule has 0 fully saturated rings. The molecule has 2 heterocycles. The summed E-state index contributed by atoms with van der Waals surface area (Å²) in [5, 5.41) is 5.75. The molecule has 4 rings (SSSR count). The van der Waals surface area contributed by atoms with Crippen LogP contribution in [-0.4, -0.2) is 33.8 Å². The number of aromatic nitrogens is 3. The quantitative estimate of drug-likeness (QED) is 0.248. The highest BCUT2D eigenvalue weighted by Crippen LogP contribution is 2.26. The predicted molar refractivity (Wildman–Crippen MR) is 139 cm³/mol. The summed E-state index contributed by atoms with van der Waals surface area (Å²) in [6, 6.07) is 18.3. The van der Waals surface area contributed by atoms with E-state index in [0.717, 1.165) is 48.3 Å². The maximum atomic E-state index is 12.7. The summed E-state index contributed by atoms with van der Waals surface area (Å²) in [5.74, 6) is 0.610. The van der Waals surface area contributed by atoms with Crippen molar-refractivity contribution >= 4 is 23.2 Å². The van der Waals surface area contributed by atoms with Crippen LogP contribution in [0.1, 0.15) is 53.6 Å². The number of amides is 2. The molecule has 0 saturated carbocycles. The number of carbonyl (C=O) groups is 2. The van der Waals surface area contributed by atoms with Gasteiger partial charge in [0.1, 0.15) is 10.7 Å². The molecule has 2 aromatic heterocycles.